The summed E-state index contributed by atoms with van der Waals surface area (Å²) in [5.41, 5.74) is 4.34. The summed E-state index contributed by atoms with van der Waals surface area (Å²) < 4.78 is 0. The van der Waals surface area contributed by atoms with Gasteiger partial charge < -0.3 is 10.2 Å². The highest BCUT2D eigenvalue weighted by atomic mass is 15.2. The van der Waals surface area contributed by atoms with E-state index in [1.807, 2.05) is 0 Å². The van der Waals surface area contributed by atoms with Crippen LogP contribution in [-0.4, -0.2) is 18.6 Å². The van der Waals surface area contributed by atoms with Crippen molar-refractivity contribution in [2.45, 2.75) is 31.2 Å². The van der Waals surface area contributed by atoms with Crippen LogP contribution in [-0.2, 0) is 0 Å². The number of para-hydroxylation sites is 2. The lowest BCUT2D eigenvalue weighted by atomic mass is 9.71. The molecule has 1 N–H and O–H groups in total. The number of hydrogen-bond acceptors (Lipinski definition) is 2. The van der Waals surface area contributed by atoms with E-state index >= 15 is 0 Å². The first-order chi connectivity index (χ1) is 10.3. The van der Waals surface area contributed by atoms with Crippen molar-refractivity contribution in [3.63, 3.8) is 0 Å². The second kappa shape index (κ2) is 4.88. The van der Waals surface area contributed by atoms with Gasteiger partial charge in [-0.2, -0.15) is 0 Å². The predicted octanol–water partition coefficient (Wildman–Crippen LogP) is 4.06. The molecule has 2 atom stereocenters. The van der Waals surface area contributed by atoms with Gasteiger partial charge in [-0.05, 0) is 50.1 Å². The van der Waals surface area contributed by atoms with Crippen molar-refractivity contribution in [2.24, 2.45) is 0 Å². The molecule has 2 nitrogen and oxygen atoms in total. The zero-order valence-corrected chi connectivity index (χ0v) is 12.5. The summed E-state index contributed by atoms with van der Waals surface area (Å²) in [6, 6.07) is 19.7. The third kappa shape index (κ3) is 2.06. The van der Waals surface area contributed by atoms with Crippen molar-refractivity contribution in [2.75, 3.05) is 18.0 Å². The van der Waals surface area contributed by atoms with Gasteiger partial charge in [0.05, 0.1) is 0 Å². The van der Waals surface area contributed by atoms with Crippen molar-refractivity contribution in [1.82, 2.24) is 5.32 Å². The number of nitrogens with zero attached hydrogens (tertiary/aromatic N) is 1. The topological polar surface area (TPSA) is 15.3 Å². The summed E-state index contributed by atoms with van der Waals surface area (Å²) in [5.74, 6) is 0.627. The van der Waals surface area contributed by atoms with E-state index in [2.05, 4.69) is 71.7 Å². The maximum Gasteiger partial charge on any atom is 0.0447 e. The van der Waals surface area contributed by atoms with Gasteiger partial charge in [0, 0.05) is 29.4 Å². The van der Waals surface area contributed by atoms with E-state index in [1.54, 1.807) is 0 Å². The molecular weight excluding hydrogens is 256 g/mol. The van der Waals surface area contributed by atoms with Gasteiger partial charge in [0.1, 0.15) is 0 Å². The van der Waals surface area contributed by atoms with Crippen LogP contribution in [0.15, 0.2) is 54.6 Å². The van der Waals surface area contributed by atoms with E-state index < -0.39 is 0 Å². The summed E-state index contributed by atoms with van der Waals surface area (Å²) in [6.07, 6.45) is 2.57. The van der Waals surface area contributed by atoms with Gasteiger partial charge in [-0.3, -0.25) is 0 Å². The molecule has 21 heavy (non-hydrogen) atoms. The van der Waals surface area contributed by atoms with Crippen molar-refractivity contribution >= 4 is 11.4 Å². The van der Waals surface area contributed by atoms with Gasteiger partial charge >= 0.3 is 0 Å². The summed E-state index contributed by atoms with van der Waals surface area (Å²) >= 11 is 0. The molecule has 0 amide bonds. The first-order valence-corrected chi connectivity index (χ1v) is 7.94. The van der Waals surface area contributed by atoms with Gasteiger partial charge in [0.25, 0.3) is 0 Å². The largest absolute Gasteiger partial charge is 0.339 e. The van der Waals surface area contributed by atoms with Crippen LogP contribution >= 0.6 is 0 Å². The lowest BCUT2D eigenvalue weighted by molar-refractivity contribution is 0.234. The van der Waals surface area contributed by atoms with E-state index in [9.17, 15) is 0 Å². The summed E-state index contributed by atoms with van der Waals surface area (Å²) in [7, 11) is 0. The molecule has 0 bridgehead atoms. The predicted molar refractivity (Wildman–Crippen MR) is 88.3 cm³/mol. The van der Waals surface area contributed by atoms with Gasteiger partial charge in [-0.1, -0.05) is 36.4 Å². The molecule has 108 valence electrons. The zero-order valence-electron chi connectivity index (χ0n) is 12.5. The van der Waals surface area contributed by atoms with Gasteiger partial charge in [-0.15, -0.1) is 0 Å². The lowest BCUT2D eigenvalue weighted by Gasteiger charge is -2.51. The molecule has 1 fully saturated rings. The standard InChI is InChI=1S/C19H22N2/c1-19-14-21(15-8-3-2-4-9-15)18-12-6-5-10-16(18)17(19)11-7-13-20-19/h2-6,8-10,12,17,20H,7,11,13-14H2,1H3/t17-,19+/m0/s1. The Morgan fingerprint density at radius 1 is 1.05 bits per heavy atom. The number of anilines is 2. The molecule has 0 radical (unpaired) electrons. The Labute approximate surface area is 126 Å². The second-order valence-electron chi connectivity index (χ2n) is 6.52. The van der Waals surface area contributed by atoms with Crippen molar-refractivity contribution in [3.8, 4) is 0 Å². The van der Waals surface area contributed by atoms with Crippen LogP contribution in [0.1, 0.15) is 31.2 Å². The molecule has 4 rings (SSSR count). The number of rotatable bonds is 1. The Bertz CT molecular complexity index is 637. The smallest absolute Gasteiger partial charge is 0.0447 e. The van der Waals surface area contributed by atoms with Crippen LogP contribution in [0.5, 0.6) is 0 Å². The van der Waals surface area contributed by atoms with Crippen molar-refractivity contribution < 1.29 is 0 Å². The first kappa shape index (κ1) is 12.9. The lowest BCUT2D eigenvalue weighted by Crippen LogP contribution is -2.59. The third-order valence-electron chi connectivity index (χ3n) is 5.12. The third-order valence-corrected chi connectivity index (χ3v) is 5.12. The molecule has 1 saturated heterocycles. The zero-order chi connectivity index (χ0) is 14.3. The van der Waals surface area contributed by atoms with E-state index in [0.29, 0.717) is 5.92 Å². The molecule has 2 aliphatic rings. The van der Waals surface area contributed by atoms with E-state index in [1.165, 1.54) is 29.8 Å². The van der Waals surface area contributed by atoms with Gasteiger partial charge in [0.2, 0.25) is 0 Å². The number of benzene rings is 2. The Morgan fingerprint density at radius 2 is 1.81 bits per heavy atom. The molecule has 2 heterocycles. The van der Waals surface area contributed by atoms with Gasteiger partial charge in [-0.25, -0.2) is 0 Å². The average molecular weight is 278 g/mol. The van der Waals surface area contributed by atoms with Crippen LogP contribution in [0.25, 0.3) is 0 Å². The highest BCUT2D eigenvalue weighted by molar-refractivity contribution is 5.70. The number of piperidine rings is 1. The molecule has 0 saturated carbocycles. The van der Waals surface area contributed by atoms with Crippen LogP contribution in [0, 0.1) is 0 Å². The average Bonchev–Trinajstić information content (AvgIpc) is 2.54. The maximum absolute atomic E-state index is 3.80. The summed E-state index contributed by atoms with van der Waals surface area (Å²) in [4.78, 5) is 2.48. The molecule has 2 heteroatoms. The summed E-state index contributed by atoms with van der Waals surface area (Å²) in [5, 5.41) is 3.80. The Morgan fingerprint density at radius 3 is 2.67 bits per heavy atom. The molecule has 0 spiro atoms. The number of nitrogens with one attached hydrogen (secondary N) is 1. The summed E-state index contributed by atoms with van der Waals surface area (Å²) in [6.45, 7) is 4.57. The molecular formula is C19H22N2. The van der Waals surface area contributed by atoms with Crippen molar-refractivity contribution in [3.05, 3.63) is 60.2 Å². The minimum atomic E-state index is 0.169. The molecule has 2 aliphatic heterocycles. The molecule has 2 aromatic carbocycles. The van der Waals surface area contributed by atoms with E-state index in [4.69, 9.17) is 0 Å². The fourth-order valence-electron chi connectivity index (χ4n) is 4.07. The van der Waals surface area contributed by atoms with Crippen LogP contribution in [0.2, 0.25) is 0 Å². The fraction of sp³-hybridized carbons (Fsp3) is 0.368. The maximum atomic E-state index is 3.80. The molecule has 0 unspecified atom stereocenters. The SMILES string of the molecule is C[C@@]12CN(c3ccccc3)c3ccccc3[C@@H]1CCCN2. The van der Waals surface area contributed by atoms with E-state index in [0.717, 1.165) is 13.1 Å². The minimum absolute atomic E-state index is 0.169. The fourth-order valence-corrected chi connectivity index (χ4v) is 4.07. The molecule has 0 aromatic heterocycles. The monoisotopic (exact) mass is 278 g/mol. The highest BCUT2D eigenvalue weighted by Crippen LogP contribution is 2.47. The Hall–Kier alpha value is -1.80. The van der Waals surface area contributed by atoms with Crippen molar-refractivity contribution in [1.29, 1.82) is 0 Å². The van der Waals surface area contributed by atoms with E-state index in [-0.39, 0.29) is 5.54 Å². The Kier molecular flexibility index (Phi) is 3.00. The number of fused-ring (bicyclic) bond motifs is 3. The van der Waals surface area contributed by atoms with Gasteiger partial charge in [0.15, 0.2) is 0 Å². The molecule has 2 aromatic rings. The first-order valence-electron chi connectivity index (χ1n) is 7.94. The quantitative estimate of drug-likeness (QED) is 0.846. The number of hydrogen-bond donors (Lipinski definition) is 1. The second-order valence-corrected chi connectivity index (χ2v) is 6.52. The molecule has 0 aliphatic carbocycles. The van der Waals surface area contributed by atoms with Crippen LogP contribution in [0.3, 0.4) is 0 Å². The normalized spacial score (nSPS) is 27.9. The minimum Gasteiger partial charge on any atom is -0.339 e. The van der Waals surface area contributed by atoms with Crippen LogP contribution in [0.4, 0.5) is 11.4 Å². The van der Waals surface area contributed by atoms with Crippen LogP contribution < -0.4 is 10.2 Å². The highest BCUT2D eigenvalue weighted by Gasteiger charge is 2.43. The Balaban J connectivity index is 1.85.